The van der Waals surface area contributed by atoms with Gasteiger partial charge in [0, 0.05) is 22.9 Å². The van der Waals surface area contributed by atoms with E-state index in [4.69, 9.17) is 0 Å². The third-order valence-electron chi connectivity index (χ3n) is 12.1. The maximum atomic E-state index is 13.7. The van der Waals surface area contributed by atoms with E-state index >= 15 is 0 Å². The molecule has 0 bridgehead atoms. The number of rotatable bonds is 8. The van der Waals surface area contributed by atoms with Crippen LogP contribution in [0.15, 0.2) is 23.3 Å². The van der Waals surface area contributed by atoms with E-state index < -0.39 is 27.3 Å². The first-order chi connectivity index (χ1) is 17.2. The van der Waals surface area contributed by atoms with Crippen LogP contribution in [0.3, 0.4) is 0 Å². The zero-order valence-electron chi connectivity index (χ0n) is 25.5. The molecule has 0 spiro atoms. The number of hydrogen-bond acceptors (Lipinski definition) is 5. The van der Waals surface area contributed by atoms with Crippen molar-refractivity contribution in [1.82, 2.24) is 0 Å². The lowest BCUT2D eigenvalue weighted by Gasteiger charge is -2.65. The highest BCUT2D eigenvalue weighted by atomic mass is 16.3. The van der Waals surface area contributed by atoms with Gasteiger partial charge in [-0.3, -0.25) is 9.59 Å². The van der Waals surface area contributed by atoms with Crippen LogP contribution >= 0.6 is 0 Å². The van der Waals surface area contributed by atoms with Crippen LogP contribution in [0.1, 0.15) is 114 Å². The number of carbonyl (C=O) groups excluding carboxylic acids is 2. The van der Waals surface area contributed by atoms with Crippen molar-refractivity contribution in [3.05, 3.63) is 23.3 Å². The summed E-state index contributed by atoms with van der Waals surface area (Å²) in [5.41, 5.74) is -3.29. The van der Waals surface area contributed by atoms with Gasteiger partial charge in [-0.1, -0.05) is 74.8 Å². The van der Waals surface area contributed by atoms with Gasteiger partial charge in [0.25, 0.3) is 0 Å². The van der Waals surface area contributed by atoms with Crippen LogP contribution in [-0.4, -0.2) is 34.0 Å². The molecule has 1 saturated carbocycles. The van der Waals surface area contributed by atoms with Crippen LogP contribution < -0.4 is 0 Å². The minimum absolute atomic E-state index is 0.0435. The summed E-state index contributed by atoms with van der Waals surface area (Å²) in [5, 5.41) is 32.2. The molecule has 0 aromatic rings. The van der Waals surface area contributed by atoms with E-state index in [1.165, 1.54) is 0 Å². The fraction of sp³-hybridized carbons (Fsp3) is 0.788. The van der Waals surface area contributed by atoms with Crippen molar-refractivity contribution in [1.29, 1.82) is 5.26 Å². The summed E-state index contributed by atoms with van der Waals surface area (Å²) in [7, 11) is 0. The highest BCUT2D eigenvalue weighted by Crippen LogP contribution is 2.70. The normalized spacial score (nSPS) is 38.3. The topological polar surface area (TPSA) is 98.4 Å². The molecule has 3 aliphatic carbocycles. The highest BCUT2D eigenvalue weighted by Gasteiger charge is 2.68. The van der Waals surface area contributed by atoms with Gasteiger partial charge < -0.3 is 10.2 Å². The average molecular weight is 526 g/mol. The Labute approximate surface area is 230 Å². The first-order valence-corrected chi connectivity index (χ1v) is 14.5. The molecule has 0 saturated heterocycles. The summed E-state index contributed by atoms with van der Waals surface area (Å²) in [6, 6.07) is 2.13. The predicted octanol–water partition coefficient (Wildman–Crippen LogP) is 6.73. The van der Waals surface area contributed by atoms with Gasteiger partial charge in [-0.15, -0.1) is 0 Å². The number of ketones is 2. The lowest BCUT2D eigenvalue weighted by atomic mass is 9.38. The fourth-order valence-electron chi connectivity index (χ4n) is 8.03. The number of allylic oxidation sites excluding steroid dienone is 3. The molecule has 2 N–H and O–H groups in total. The summed E-state index contributed by atoms with van der Waals surface area (Å²) in [6.45, 7) is 20.7. The lowest BCUT2D eigenvalue weighted by Crippen LogP contribution is -2.66. The molecule has 0 aromatic carbocycles. The van der Waals surface area contributed by atoms with Gasteiger partial charge in [-0.2, -0.15) is 5.26 Å². The summed E-state index contributed by atoms with van der Waals surface area (Å²) < 4.78 is 0. The third kappa shape index (κ3) is 4.35. The van der Waals surface area contributed by atoms with E-state index in [1.807, 2.05) is 26.8 Å². The standard InChI is InChI=1S/C33H51NO4/c1-11-27(2,3)14-15-29(6,21-35)16-17-32(9)31(8)13-12-23-28(4,5)26(37)22(20-34)19-30(23,7)24(31)18-25(36)33(32,10)38/h18-19,23,35,38H,11-17,21H2,1-10H3/t23-,29-,30-,31+,32-,33+/m0/s1. The Morgan fingerprint density at radius 1 is 1.05 bits per heavy atom. The maximum absolute atomic E-state index is 13.7. The molecule has 0 aromatic heterocycles. The van der Waals surface area contributed by atoms with Crippen LogP contribution in [0, 0.1) is 49.7 Å². The van der Waals surface area contributed by atoms with Gasteiger partial charge in [-0.25, -0.2) is 0 Å². The molecule has 6 atom stereocenters. The van der Waals surface area contributed by atoms with Crippen molar-refractivity contribution >= 4 is 11.6 Å². The van der Waals surface area contributed by atoms with Crippen molar-refractivity contribution in [2.45, 2.75) is 120 Å². The second kappa shape index (κ2) is 9.41. The SMILES string of the molecule is CCC(C)(C)CC[C@](C)(CO)CC[C@]1(C)[C@](C)(O)C(=O)C=C2[C@@]3(C)C=C(C#N)C(=O)C(C)(C)[C@@H]3CC[C@]21C. The van der Waals surface area contributed by atoms with Gasteiger partial charge in [0.1, 0.15) is 11.7 Å². The Kier molecular flexibility index (Phi) is 7.62. The van der Waals surface area contributed by atoms with Crippen LogP contribution in [0.25, 0.3) is 0 Å². The Hall–Kier alpha value is -1.77. The number of nitrogens with zero attached hydrogens (tertiary/aromatic N) is 1. The summed E-state index contributed by atoms with van der Waals surface area (Å²) in [5.74, 6) is -0.482. The van der Waals surface area contributed by atoms with Crippen molar-refractivity contribution in [3.8, 4) is 6.07 Å². The van der Waals surface area contributed by atoms with E-state index in [0.717, 1.165) is 37.7 Å². The zero-order chi connectivity index (χ0) is 29.2. The zero-order valence-corrected chi connectivity index (χ0v) is 25.5. The highest BCUT2D eigenvalue weighted by molar-refractivity contribution is 6.05. The quantitative estimate of drug-likeness (QED) is 0.366. The maximum Gasteiger partial charge on any atom is 0.187 e. The number of fused-ring (bicyclic) bond motifs is 3. The Morgan fingerprint density at radius 3 is 2.18 bits per heavy atom. The molecule has 0 unspecified atom stereocenters. The van der Waals surface area contributed by atoms with Gasteiger partial charge >= 0.3 is 0 Å². The monoisotopic (exact) mass is 525 g/mol. The Balaban J connectivity index is 2.09. The molecule has 0 amide bonds. The van der Waals surface area contributed by atoms with Gasteiger partial charge in [-0.05, 0) is 79.3 Å². The first-order valence-electron chi connectivity index (χ1n) is 14.5. The van der Waals surface area contributed by atoms with E-state index in [1.54, 1.807) is 13.0 Å². The van der Waals surface area contributed by atoms with Gasteiger partial charge in [0.05, 0.1) is 5.57 Å². The molecule has 1 fully saturated rings. The molecule has 5 heteroatoms. The Morgan fingerprint density at radius 2 is 1.66 bits per heavy atom. The second-order valence-corrected chi connectivity index (χ2v) is 15.2. The van der Waals surface area contributed by atoms with E-state index in [0.29, 0.717) is 12.8 Å². The largest absolute Gasteiger partial charge is 0.396 e. The second-order valence-electron chi connectivity index (χ2n) is 15.2. The number of aliphatic hydroxyl groups is 2. The van der Waals surface area contributed by atoms with Crippen molar-refractivity contribution < 1.29 is 19.8 Å². The molecular weight excluding hydrogens is 474 g/mol. The van der Waals surface area contributed by atoms with Gasteiger partial charge in [0.15, 0.2) is 11.6 Å². The minimum atomic E-state index is -1.57. The number of aliphatic hydroxyl groups excluding tert-OH is 1. The van der Waals surface area contributed by atoms with E-state index in [9.17, 15) is 25.1 Å². The van der Waals surface area contributed by atoms with Crippen molar-refractivity contribution in [2.24, 2.45) is 38.4 Å². The molecule has 0 aliphatic heterocycles. The van der Waals surface area contributed by atoms with Crippen LogP contribution in [0.2, 0.25) is 0 Å². The van der Waals surface area contributed by atoms with E-state index in [2.05, 4.69) is 47.6 Å². The van der Waals surface area contributed by atoms with Crippen molar-refractivity contribution in [2.75, 3.05) is 6.61 Å². The minimum Gasteiger partial charge on any atom is -0.396 e. The number of nitriles is 1. The molecule has 5 nitrogen and oxygen atoms in total. The van der Waals surface area contributed by atoms with Crippen LogP contribution in [-0.2, 0) is 9.59 Å². The lowest BCUT2D eigenvalue weighted by molar-refractivity contribution is -0.174. The molecular formula is C33H51NO4. The predicted molar refractivity (Wildman–Crippen MR) is 151 cm³/mol. The smallest absolute Gasteiger partial charge is 0.187 e. The first kappa shape index (κ1) is 30.8. The van der Waals surface area contributed by atoms with Gasteiger partial charge in [0.2, 0.25) is 0 Å². The molecule has 3 aliphatic rings. The molecule has 212 valence electrons. The Bertz CT molecular complexity index is 1100. The average Bonchev–Trinajstić information content (AvgIpc) is 2.84. The fourth-order valence-corrected chi connectivity index (χ4v) is 8.03. The number of hydrogen-bond donors (Lipinski definition) is 2. The number of carbonyl (C=O) groups is 2. The molecule has 0 heterocycles. The molecule has 38 heavy (non-hydrogen) atoms. The summed E-state index contributed by atoms with van der Waals surface area (Å²) >= 11 is 0. The molecule has 0 radical (unpaired) electrons. The van der Waals surface area contributed by atoms with Crippen LogP contribution in [0.4, 0.5) is 0 Å². The summed E-state index contributed by atoms with van der Waals surface area (Å²) in [6.07, 6.45) is 9.17. The summed E-state index contributed by atoms with van der Waals surface area (Å²) in [4.78, 5) is 26.9. The third-order valence-corrected chi connectivity index (χ3v) is 12.1. The van der Waals surface area contributed by atoms with E-state index in [-0.39, 0.29) is 40.5 Å². The number of Topliss-reactive ketones (excluding diaryl/α,β-unsaturated/α-hetero) is 1. The molecule has 3 rings (SSSR count). The van der Waals surface area contributed by atoms with Crippen molar-refractivity contribution in [3.63, 3.8) is 0 Å². The van der Waals surface area contributed by atoms with Crippen LogP contribution in [0.5, 0.6) is 0 Å².